The van der Waals surface area contributed by atoms with E-state index < -0.39 is 0 Å². The molecule has 7 nitrogen and oxygen atoms in total. The van der Waals surface area contributed by atoms with Gasteiger partial charge in [0.15, 0.2) is 5.16 Å². The molecule has 0 fully saturated rings. The summed E-state index contributed by atoms with van der Waals surface area (Å²) in [5.41, 5.74) is 4.37. The summed E-state index contributed by atoms with van der Waals surface area (Å²) in [4.78, 5) is 20.9. The number of ether oxygens (including phenoxy) is 3. The molecule has 3 aromatic carbocycles. The largest absolute Gasteiger partial charge is 0.497 e. The van der Waals surface area contributed by atoms with Crippen molar-refractivity contribution in [3.63, 3.8) is 0 Å². The van der Waals surface area contributed by atoms with Crippen molar-refractivity contribution in [2.45, 2.75) is 18.5 Å². The number of nitrogens with one attached hydrogen (secondary N) is 2. The van der Waals surface area contributed by atoms with E-state index in [4.69, 9.17) is 19.2 Å². The SMILES string of the molecule is CCOc1ccccc1NC(=O)CCSc1nc(-c2ccc(OC)cc2)c(-c2ccc(OC)cc2)[nH]1. The molecule has 4 rings (SSSR count). The Kier molecular flexibility index (Phi) is 8.52. The first-order valence-corrected chi connectivity index (χ1v) is 12.6. The third-order valence-electron chi connectivity index (χ3n) is 5.45. The van der Waals surface area contributed by atoms with E-state index in [9.17, 15) is 4.79 Å². The van der Waals surface area contributed by atoms with Gasteiger partial charge >= 0.3 is 0 Å². The minimum atomic E-state index is -0.0769. The van der Waals surface area contributed by atoms with Crippen molar-refractivity contribution in [3.8, 4) is 39.8 Å². The zero-order chi connectivity index (χ0) is 25.3. The Balaban J connectivity index is 1.48. The third-order valence-corrected chi connectivity index (χ3v) is 6.33. The minimum Gasteiger partial charge on any atom is -0.497 e. The monoisotopic (exact) mass is 503 g/mol. The molecule has 2 N–H and O–H groups in total. The van der Waals surface area contributed by atoms with Crippen LogP contribution in [0.15, 0.2) is 78.0 Å². The number of para-hydroxylation sites is 2. The lowest BCUT2D eigenvalue weighted by Gasteiger charge is -2.10. The zero-order valence-corrected chi connectivity index (χ0v) is 21.4. The lowest BCUT2D eigenvalue weighted by atomic mass is 10.0. The first-order chi connectivity index (χ1) is 17.6. The molecule has 1 amide bonds. The second-order valence-electron chi connectivity index (χ2n) is 7.80. The van der Waals surface area contributed by atoms with Crippen LogP contribution in [-0.2, 0) is 4.79 Å². The minimum absolute atomic E-state index is 0.0769. The van der Waals surface area contributed by atoms with Gasteiger partial charge in [-0.2, -0.15) is 0 Å². The second-order valence-corrected chi connectivity index (χ2v) is 8.88. The van der Waals surface area contributed by atoms with Crippen LogP contribution in [0, 0.1) is 0 Å². The smallest absolute Gasteiger partial charge is 0.225 e. The molecule has 0 aliphatic heterocycles. The molecule has 8 heteroatoms. The molecule has 0 radical (unpaired) electrons. The van der Waals surface area contributed by atoms with Crippen LogP contribution in [0.4, 0.5) is 5.69 Å². The van der Waals surface area contributed by atoms with E-state index in [0.717, 1.165) is 39.2 Å². The normalized spacial score (nSPS) is 10.6. The molecule has 0 aliphatic rings. The summed E-state index contributed by atoms with van der Waals surface area (Å²) in [6.45, 7) is 2.45. The van der Waals surface area contributed by atoms with Gasteiger partial charge in [-0.1, -0.05) is 23.9 Å². The molecule has 36 heavy (non-hydrogen) atoms. The maximum Gasteiger partial charge on any atom is 0.225 e. The molecule has 0 bridgehead atoms. The summed E-state index contributed by atoms with van der Waals surface area (Å²) < 4.78 is 16.2. The number of H-pyrrole nitrogens is 1. The molecule has 4 aromatic rings. The van der Waals surface area contributed by atoms with Crippen molar-refractivity contribution >= 4 is 23.4 Å². The van der Waals surface area contributed by atoms with Gasteiger partial charge in [0.1, 0.15) is 17.2 Å². The van der Waals surface area contributed by atoms with Crippen molar-refractivity contribution in [2.24, 2.45) is 0 Å². The molecule has 0 spiro atoms. The van der Waals surface area contributed by atoms with E-state index in [1.54, 1.807) is 14.2 Å². The second kappa shape index (κ2) is 12.2. The fourth-order valence-electron chi connectivity index (χ4n) is 3.65. The molecule has 186 valence electrons. The van der Waals surface area contributed by atoms with Gasteiger partial charge in [-0.15, -0.1) is 0 Å². The first-order valence-electron chi connectivity index (χ1n) is 11.6. The molecule has 0 atom stereocenters. The molecule has 0 aliphatic carbocycles. The van der Waals surface area contributed by atoms with E-state index >= 15 is 0 Å². The predicted octanol–water partition coefficient (Wildman–Crippen LogP) is 6.28. The number of methoxy groups -OCH3 is 2. The summed E-state index contributed by atoms with van der Waals surface area (Å²) in [6, 6.07) is 23.1. The molecular formula is C28H29N3O4S. The quantitative estimate of drug-likeness (QED) is 0.234. The Hall–Kier alpha value is -3.91. The lowest BCUT2D eigenvalue weighted by molar-refractivity contribution is -0.115. The summed E-state index contributed by atoms with van der Waals surface area (Å²) in [5, 5.41) is 3.68. The number of rotatable bonds is 11. The summed E-state index contributed by atoms with van der Waals surface area (Å²) >= 11 is 1.51. The number of hydrogen-bond acceptors (Lipinski definition) is 6. The predicted molar refractivity (Wildman–Crippen MR) is 144 cm³/mol. The van der Waals surface area contributed by atoms with E-state index in [1.165, 1.54) is 11.8 Å². The summed E-state index contributed by atoms with van der Waals surface area (Å²) in [6.07, 6.45) is 0.335. The number of thioether (sulfide) groups is 1. The Morgan fingerprint density at radius 3 is 2.19 bits per heavy atom. The van der Waals surface area contributed by atoms with Gasteiger partial charge in [0.25, 0.3) is 0 Å². The number of hydrogen-bond donors (Lipinski definition) is 2. The molecule has 0 saturated carbocycles. The van der Waals surface area contributed by atoms with Crippen LogP contribution < -0.4 is 19.5 Å². The van der Waals surface area contributed by atoms with E-state index in [0.29, 0.717) is 30.2 Å². The van der Waals surface area contributed by atoms with Gasteiger partial charge in [-0.3, -0.25) is 4.79 Å². The van der Waals surface area contributed by atoms with E-state index in [1.807, 2.05) is 79.7 Å². The van der Waals surface area contributed by atoms with Gasteiger partial charge < -0.3 is 24.5 Å². The molecule has 0 unspecified atom stereocenters. The Bertz CT molecular complexity index is 1220. The maximum absolute atomic E-state index is 12.6. The number of benzene rings is 3. The molecular weight excluding hydrogens is 474 g/mol. The van der Waals surface area contributed by atoms with Gasteiger partial charge in [-0.25, -0.2) is 4.98 Å². The van der Waals surface area contributed by atoms with Crippen molar-refractivity contribution in [2.75, 3.05) is 31.9 Å². The van der Waals surface area contributed by atoms with Crippen molar-refractivity contribution < 1.29 is 19.0 Å². The van der Waals surface area contributed by atoms with Crippen LogP contribution in [0.5, 0.6) is 17.2 Å². The first kappa shape index (κ1) is 25.2. The Morgan fingerprint density at radius 2 is 1.56 bits per heavy atom. The standard InChI is InChI=1S/C28H29N3O4S/c1-4-35-24-8-6-5-7-23(24)29-25(32)17-18-36-28-30-26(19-9-13-21(33-2)14-10-19)27(31-28)20-11-15-22(34-3)16-12-20/h5-16H,4,17-18H2,1-3H3,(H,29,32)(H,30,31). The number of amides is 1. The maximum atomic E-state index is 12.6. The number of carbonyl (C=O) groups excluding carboxylic acids is 1. The number of carbonyl (C=O) groups is 1. The van der Waals surface area contributed by atoms with Crippen LogP contribution in [0.25, 0.3) is 22.5 Å². The molecule has 0 saturated heterocycles. The number of nitrogens with zero attached hydrogens (tertiary/aromatic N) is 1. The molecule has 1 aromatic heterocycles. The van der Waals surface area contributed by atoms with Crippen LogP contribution in [0.3, 0.4) is 0 Å². The molecule has 1 heterocycles. The zero-order valence-electron chi connectivity index (χ0n) is 20.5. The van der Waals surface area contributed by atoms with Crippen molar-refractivity contribution in [1.29, 1.82) is 0 Å². The van der Waals surface area contributed by atoms with Crippen LogP contribution in [0.2, 0.25) is 0 Å². The van der Waals surface area contributed by atoms with Crippen LogP contribution >= 0.6 is 11.8 Å². The van der Waals surface area contributed by atoms with Crippen molar-refractivity contribution in [3.05, 3.63) is 72.8 Å². The summed E-state index contributed by atoms with van der Waals surface area (Å²) in [7, 11) is 3.29. The van der Waals surface area contributed by atoms with Gasteiger partial charge in [-0.05, 0) is 67.6 Å². The lowest BCUT2D eigenvalue weighted by Crippen LogP contribution is -2.13. The Labute approximate surface area is 215 Å². The highest BCUT2D eigenvalue weighted by molar-refractivity contribution is 7.99. The van der Waals surface area contributed by atoms with Crippen molar-refractivity contribution in [1.82, 2.24) is 9.97 Å². The fraction of sp³-hybridized carbons (Fsp3) is 0.214. The summed E-state index contributed by atoms with van der Waals surface area (Å²) in [5.74, 6) is 2.73. The van der Waals surface area contributed by atoms with E-state index in [2.05, 4.69) is 10.3 Å². The van der Waals surface area contributed by atoms with E-state index in [-0.39, 0.29) is 5.91 Å². The van der Waals surface area contributed by atoms with Crippen LogP contribution in [0.1, 0.15) is 13.3 Å². The average molecular weight is 504 g/mol. The fourth-order valence-corrected chi connectivity index (χ4v) is 4.46. The number of aromatic nitrogens is 2. The highest BCUT2D eigenvalue weighted by atomic mass is 32.2. The third kappa shape index (κ3) is 6.20. The average Bonchev–Trinajstić information content (AvgIpc) is 3.34. The highest BCUT2D eigenvalue weighted by Crippen LogP contribution is 2.34. The van der Waals surface area contributed by atoms with Gasteiger partial charge in [0, 0.05) is 23.3 Å². The Morgan fingerprint density at radius 1 is 0.917 bits per heavy atom. The number of aromatic amines is 1. The van der Waals surface area contributed by atoms with Crippen LogP contribution in [-0.4, -0.2) is 42.5 Å². The van der Waals surface area contributed by atoms with Gasteiger partial charge in [0.2, 0.25) is 5.91 Å². The van der Waals surface area contributed by atoms with Gasteiger partial charge in [0.05, 0.1) is 37.9 Å². The number of imidazole rings is 1. The topological polar surface area (TPSA) is 85.5 Å². The highest BCUT2D eigenvalue weighted by Gasteiger charge is 2.16. The number of anilines is 1.